The third-order valence-electron chi connectivity index (χ3n) is 0.875. The van der Waals surface area contributed by atoms with E-state index in [1.165, 1.54) is 0 Å². The second-order valence-corrected chi connectivity index (χ2v) is 2.31. The number of nitrogens with zero attached hydrogens (tertiary/aromatic N) is 1. The van der Waals surface area contributed by atoms with E-state index in [2.05, 4.69) is 5.18 Å². The number of hydrogen-bond acceptors (Lipinski definition) is 2. The normalized spacial score (nSPS) is 13.2. The van der Waals surface area contributed by atoms with Crippen LogP contribution in [-0.4, -0.2) is 11.9 Å². The lowest BCUT2D eigenvalue weighted by Gasteiger charge is -1.98. The molecule has 0 aromatic heterocycles. The molecule has 0 saturated carbocycles. The van der Waals surface area contributed by atoms with Crippen LogP contribution in [0.15, 0.2) is 5.18 Å². The van der Waals surface area contributed by atoms with Gasteiger partial charge in [-0.1, -0.05) is 18.5 Å². The zero-order valence-electron chi connectivity index (χ0n) is 4.93. The second kappa shape index (κ2) is 5.04. The summed E-state index contributed by atoms with van der Waals surface area (Å²) in [4.78, 5) is 9.56. The van der Waals surface area contributed by atoms with Gasteiger partial charge in [0.05, 0.1) is 11.9 Å². The molecule has 0 saturated heterocycles. The largest absolute Gasteiger partial charge is 0.151 e. The summed E-state index contributed by atoms with van der Waals surface area (Å²) < 4.78 is 0. The van der Waals surface area contributed by atoms with Crippen LogP contribution in [0.4, 0.5) is 0 Å². The molecule has 8 heavy (non-hydrogen) atoms. The Labute approximate surface area is 54.2 Å². The van der Waals surface area contributed by atoms with Crippen LogP contribution in [0, 0.1) is 4.91 Å². The van der Waals surface area contributed by atoms with E-state index in [9.17, 15) is 4.91 Å². The molecule has 0 spiro atoms. The number of halogens is 1. The topological polar surface area (TPSA) is 29.4 Å². The molecule has 3 heteroatoms. The first kappa shape index (κ1) is 7.89. The number of nitroso groups, excluding NO2 is 1. The van der Waals surface area contributed by atoms with Gasteiger partial charge in [0.25, 0.3) is 0 Å². The molecular weight excluding hydrogens is 126 g/mol. The highest BCUT2D eigenvalue weighted by Gasteiger charge is 2.00. The molecule has 0 N–H and O–H groups in total. The Morgan fingerprint density at radius 2 is 2.38 bits per heavy atom. The van der Waals surface area contributed by atoms with Gasteiger partial charge in [-0.15, -0.1) is 11.6 Å². The summed E-state index contributed by atoms with van der Waals surface area (Å²) in [6.45, 7) is 2.27. The maximum atomic E-state index is 9.56. The van der Waals surface area contributed by atoms with E-state index in [1.807, 2.05) is 6.92 Å². The van der Waals surface area contributed by atoms with E-state index in [1.54, 1.807) is 0 Å². The van der Waals surface area contributed by atoms with Gasteiger partial charge in [0.15, 0.2) is 0 Å². The van der Waals surface area contributed by atoms with Crippen molar-refractivity contribution in [3.05, 3.63) is 4.91 Å². The average molecular weight is 136 g/mol. The summed E-state index contributed by atoms with van der Waals surface area (Å²) in [5.74, 6) is 0. The summed E-state index contributed by atoms with van der Waals surface area (Å²) in [6, 6.07) is 0. The van der Waals surface area contributed by atoms with Crippen LogP contribution in [0.1, 0.15) is 19.8 Å². The molecule has 48 valence electrons. The predicted octanol–water partition coefficient (Wildman–Crippen LogP) is 2.16. The Bertz CT molecular complexity index is 67.4. The van der Waals surface area contributed by atoms with Crippen LogP contribution in [0.2, 0.25) is 0 Å². The number of alkyl halides is 1. The van der Waals surface area contributed by atoms with E-state index in [0.717, 1.165) is 12.8 Å². The minimum Gasteiger partial charge on any atom is -0.151 e. The van der Waals surface area contributed by atoms with Crippen molar-refractivity contribution in [1.82, 2.24) is 0 Å². The Kier molecular flexibility index (Phi) is 4.97. The number of rotatable bonds is 4. The van der Waals surface area contributed by atoms with Crippen molar-refractivity contribution < 1.29 is 0 Å². The summed E-state index contributed by atoms with van der Waals surface area (Å²) in [5, 5.41) is 2.63. The van der Waals surface area contributed by atoms with Crippen LogP contribution < -0.4 is 0 Å². The molecule has 0 fully saturated rings. The van der Waals surface area contributed by atoms with Gasteiger partial charge in [-0.3, -0.25) is 0 Å². The smallest absolute Gasteiger partial charge is 0.0974 e. The molecule has 0 aromatic rings. The molecule has 0 radical (unpaired) electrons. The van der Waals surface area contributed by atoms with E-state index in [4.69, 9.17) is 11.6 Å². The third kappa shape index (κ3) is 4.06. The fraction of sp³-hybridized carbons (Fsp3) is 1.00. The molecule has 1 atom stereocenters. The van der Waals surface area contributed by atoms with Gasteiger partial charge in [-0.05, 0) is 6.42 Å². The maximum absolute atomic E-state index is 9.56. The molecule has 0 aromatic carbocycles. The van der Waals surface area contributed by atoms with Gasteiger partial charge in [-0.25, -0.2) is 0 Å². The van der Waals surface area contributed by atoms with Crippen LogP contribution in [0.3, 0.4) is 0 Å². The summed E-state index contributed by atoms with van der Waals surface area (Å²) >= 11 is 5.59. The first-order chi connectivity index (χ1) is 3.81. The summed E-state index contributed by atoms with van der Waals surface area (Å²) in [7, 11) is 0. The molecule has 0 rings (SSSR count). The van der Waals surface area contributed by atoms with Crippen molar-refractivity contribution in [3.8, 4) is 0 Å². The maximum Gasteiger partial charge on any atom is 0.0974 e. The van der Waals surface area contributed by atoms with E-state index in [-0.39, 0.29) is 11.9 Å². The Morgan fingerprint density at radius 1 is 1.75 bits per heavy atom. The Balaban J connectivity index is 3.03. The minimum atomic E-state index is -0.0440. The van der Waals surface area contributed by atoms with Crippen LogP contribution in [0.25, 0.3) is 0 Å². The molecule has 0 aliphatic rings. The van der Waals surface area contributed by atoms with Crippen molar-refractivity contribution in [3.63, 3.8) is 0 Å². The fourth-order valence-corrected chi connectivity index (χ4v) is 0.760. The molecule has 2 nitrogen and oxygen atoms in total. The lowest BCUT2D eigenvalue weighted by atomic mass is 10.2. The molecule has 0 aliphatic carbocycles. The van der Waals surface area contributed by atoms with Crippen LogP contribution in [-0.2, 0) is 0 Å². The van der Waals surface area contributed by atoms with Gasteiger partial charge in [0, 0.05) is 0 Å². The van der Waals surface area contributed by atoms with Crippen molar-refractivity contribution in [2.45, 2.75) is 25.1 Å². The van der Waals surface area contributed by atoms with Crippen molar-refractivity contribution in [2.24, 2.45) is 5.18 Å². The molecule has 0 aliphatic heterocycles. The number of hydrogen-bond donors (Lipinski definition) is 0. The monoisotopic (exact) mass is 135 g/mol. The molecule has 0 amide bonds. The van der Waals surface area contributed by atoms with Crippen LogP contribution >= 0.6 is 11.6 Å². The van der Waals surface area contributed by atoms with Gasteiger partial charge < -0.3 is 0 Å². The Morgan fingerprint density at radius 3 is 2.75 bits per heavy atom. The SMILES string of the molecule is CCCC(Cl)CN=O. The predicted molar refractivity (Wildman–Crippen MR) is 35.2 cm³/mol. The van der Waals surface area contributed by atoms with Gasteiger partial charge >= 0.3 is 0 Å². The zero-order chi connectivity index (χ0) is 6.41. The van der Waals surface area contributed by atoms with Crippen molar-refractivity contribution in [1.29, 1.82) is 0 Å². The second-order valence-electron chi connectivity index (χ2n) is 1.70. The molecule has 1 unspecified atom stereocenters. The van der Waals surface area contributed by atoms with Gasteiger partial charge in [0.2, 0.25) is 0 Å². The zero-order valence-corrected chi connectivity index (χ0v) is 5.69. The molecule has 0 bridgehead atoms. The van der Waals surface area contributed by atoms with Gasteiger partial charge in [0.1, 0.15) is 0 Å². The van der Waals surface area contributed by atoms with Crippen LogP contribution in [0.5, 0.6) is 0 Å². The minimum absolute atomic E-state index is 0.0440. The van der Waals surface area contributed by atoms with Gasteiger partial charge in [-0.2, -0.15) is 4.91 Å². The highest BCUT2D eigenvalue weighted by Crippen LogP contribution is 2.03. The summed E-state index contributed by atoms with van der Waals surface area (Å²) in [6.07, 6.45) is 1.90. The lowest BCUT2D eigenvalue weighted by molar-refractivity contribution is 0.734. The fourth-order valence-electron chi connectivity index (χ4n) is 0.485. The first-order valence-corrected chi connectivity index (χ1v) is 3.18. The first-order valence-electron chi connectivity index (χ1n) is 2.74. The average Bonchev–Trinajstić information content (AvgIpc) is 1.68. The van der Waals surface area contributed by atoms with Crippen molar-refractivity contribution >= 4 is 11.6 Å². The van der Waals surface area contributed by atoms with Crippen molar-refractivity contribution in [2.75, 3.05) is 6.54 Å². The highest BCUT2D eigenvalue weighted by atomic mass is 35.5. The standard InChI is InChI=1S/C5H10ClNO/c1-2-3-5(6)4-7-8/h5H,2-4H2,1H3. The van der Waals surface area contributed by atoms with E-state index < -0.39 is 0 Å². The quantitative estimate of drug-likeness (QED) is 0.429. The van der Waals surface area contributed by atoms with E-state index in [0.29, 0.717) is 0 Å². The lowest BCUT2D eigenvalue weighted by Crippen LogP contribution is -2.00. The highest BCUT2D eigenvalue weighted by molar-refractivity contribution is 6.20. The molecule has 0 heterocycles. The van der Waals surface area contributed by atoms with E-state index >= 15 is 0 Å². The summed E-state index contributed by atoms with van der Waals surface area (Å²) in [5.41, 5.74) is 0. The Hall–Kier alpha value is -0.110. The third-order valence-corrected chi connectivity index (χ3v) is 1.23. The molecular formula is C5H10ClNO.